The molecule has 15 heavy (non-hydrogen) atoms. The molecular weight excluding hydrogens is 213 g/mol. The van der Waals surface area contributed by atoms with E-state index in [0.29, 0.717) is 5.02 Å². The summed E-state index contributed by atoms with van der Waals surface area (Å²) in [7, 11) is 0. The summed E-state index contributed by atoms with van der Waals surface area (Å²) < 4.78 is 12.8. The molecule has 0 heterocycles. The van der Waals surface area contributed by atoms with E-state index >= 15 is 0 Å². The lowest BCUT2D eigenvalue weighted by molar-refractivity contribution is 0.544. The second kappa shape index (κ2) is 5.16. The van der Waals surface area contributed by atoms with E-state index in [0.717, 1.165) is 5.56 Å². The van der Waals surface area contributed by atoms with Crippen LogP contribution in [0.1, 0.15) is 25.5 Å². The topological polar surface area (TPSA) is 12.0 Å². The zero-order chi connectivity index (χ0) is 11.4. The highest BCUT2D eigenvalue weighted by Gasteiger charge is 2.11. The minimum Gasteiger partial charge on any atom is -0.297 e. The standard InChI is InChI=1S/C12H13ClFN/c1-4-8(2)15-9(3)11-6-5-10(14)7-12(11)13/h1,5-9,15H,2-3H3. The predicted octanol–water partition coefficient (Wildman–Crippen LogP) is 3.15. The van der Waals surface area contributed by atoms with Crippen molar-refractivity contribution in [3.05, 3.63) is 34.6 Å². The Balaban J connectivity index is 2.83. The lowest BCUT2D eigenvalue weighted by atomic mass is 10.1. The summed E-state index contributed by atoms with van der Waals surface area (Å²) in [5.74, 6) is 2.24. The smallest absolute Gasteiger partial charge is 0.124 e. The van der Waals surface area contributed by atoms with E-state index in [4.69, 9.17) is 18.0 Å². The van der Waals surface area contributed by atoms with Gasteiger partial charge in [-0.1, -0.05) is 23.6 Å². The zero-order valence-electron chi connectivity index (χ0n) is 8.72. The normalized spacial score (nSPS) is 14.3. The van der Waals surface area contributed by atoms with Gasteiger partial charge in [0.25, 0.3) is 0 Å². The molecule has 1 nitrogen and oxygen atoms in total. The molecular formula is C12H13ClFN. The third-order valence-corrected chi connectivity index (χ3v) is 2.51. The maximum atomic E-state index is 12.8. The summed E-state index contributed by atoms with van der Waals surface area (Å²) in [6.07, 6.45) is 5.26. The van der Waals surface area contributed by atoms with Crippen molar-refractivity contribution in [3.63, 3.8) is 0 Å². The predicted molar refractivity (Wildman–Crippen MR) is 61.3 cm³/mol. The zero-order valence-corrected chi connectivity index (χ0v) is 9.48. The van der Waals surface area contributed by atoms with Crippen LogP contribution >= 0.6 is 11.6 Å². The number of hydrogen-bond acceptors (Lipinski definition) is 1. The van der Waals surface area contributed by atoms with Crippen molar-refractivity contribution < 1.29 is 4.39 Å². The van der Waals surface area contributed by atoms with Crippen molar-refractivity contribution >= 4 is 11.6 Å². The number of halogens is 2. The third kappa shape index (κ3) is 3.23. The fourth-order valence-corrected chi connectivity index (χ4v) is 1.70. The van der Waals surface area contributed by atoms with Crippen molar-refractivity contribution in [2.45, 2.75) is 25.9 Å². The molecule has 0 amide bonds. The van der Waals surface area contributed by atoms with Gasteiger partial charge in [0.2, 0.25) is 0 Å². The molecule has 2 unspecified atom stereocenters. The Morgan fingerprint density at radius 3 is 2.67 bits per heavy atom. The maximum absolute atomic E-state index is 12.8. The molecule has 0 aromatic heterocycles. The van der Waals surface area contributed by atoms with Gasteiger partial charge in [-0.3, -0.25) is 5.32 Å². The molecule has 2 atom stereocenters. The van der Waals surface area contributed by atoms with Gasteiger partial charge in [-0.2, -0.15) is 0 Å². The van der Waals surface area contributed by atoms with Crippen LogP contribution in [0.2, 0.25) is 5.02 Å². The highest BCUT2D eigenvalue weighted by Crippen LogP contribution is 2.23. The first kappa shape index (κ1) is 12.0. The largest absolute Gasteiger partial charge is 0.297 e. The minimum absolute atomic E-state index is 0.00384. The summed E-state index contributed by atoms with van der Waals surface area (Å²) in [6.45, 7) is 3.82. The average Bonchev–Trinajstić information content (AvgIpc) is 2.17. The van der Waals surface area contributed by atoms with Gasteiger partial charge in [0.05, 0.1) is 6.04 Å². The molecule has 0 saturated heterocycles. The molecule has 3 heteroatoms. The molecule has 0 bridgehead atoms. The SMILES string of the molecule is C#CC(C)NC(C)c1ccc(F)cc1Cl. The number of nitrogens with one attached hydrogen (secondary N) is 1. The summed E-state index contributed by atoms with van der Waals surface area (Å²) >= 11 is 5.92. The Bertz CT molecular complexity index is 384. The lowest BCUT2D eigenvalue weighted by Gasteiger charge is -2.17. The van der Waals surface area contributed by atoms with Gasteiger partial charge >= 0.3 is 0 Å². The van der Waals surface area contributed by atoms with Crippen LogP contribution in [0.4, 0.5) is 4.39 Å². The Hall–Kier alpha value is -1.04. The van der Waals surface area contributed by atoms with Crippen molar-refractivity contribution in [2.24, 2.45) is 0 Å². The van der Waals surface area contributed by atoms with Gasteiger partial charge in [0.15, 0.2) is 0 Å². The van der Waals surface area contributed by atoms with Gasteiger partial charge in [0, 0.05) is 11.1 Å². The van der Waals surface area contributed by atoms with Crippen LogP contribution in [0.25, 0.3) is 0 Å². The van der Waals surface area contributed by atoms with Crippen LogP contribution in [0, 0.1) is 18.2 Å². The fourth-order valence-electron chi connectivity index (χ4n) is 1.37. The molecule has 0 aliphatic heterocycles. The second-order valence-corrected chi connectivity index (χ2v) is 3.85. The van der Waals surface area contributed by atoms with Crippen molar-refractivity contribution in [1.82, 2.24) is 5.32 Å². The van der Waals surface area contributed by atoms with E-state index in [-0.39, 0.29) is 17.9 Å². The highest BCUT2D eigenvalue weighted by atomic mass is 35.5. The Kier molecular flexibility index (Phi) is 4.14. The number of hydrogen-bond donors (Lipinski definition) is 1. The number of rotatable bonds is 3. The lowest BCUT2D eigenvalue weighted by Crippen LogP contribution is -2.27. The average molecular weight is 226 g/mol. The molecule has 0 saturated carbocycles. The molecule has 1 aromatic carbocycles. The number of terminal acetylenes is 1. The first-order chi connectivity index (χ1) is 7.04. The summed E-state index contributed by atoms with van der Waals surface area (Å²) in [5, 5.41) is 3.58. The van der Waals surface area contributed by atoms with Crippen LogP contribution in [0.3, 0.4) is 0 Å². The Labute approximate surface area is 94.6 Å². The molecule has 1 N–H and O–H groups in total. The Morgan fingerprint density at radius 1 is 1.47 bits per heavy atom. The Morgan fingerprint density at radius 2 is 2.13 bits per heavy atom. The molecule has 80 valence electrons. The first-order valence-corrected chi connectivity index (χ1v) is 5.09. The summed E-state index contributed by atoms with van der Waals surface area (Å²) in [6, 6.07) is 4.32. The third-order valence-electron chi connectivity index (χ3n) is 2.18. The van der Waals surface area contributed by atoms with E-state index in [9.17, 15) is 4.39 Å². The molecule has 1 rings (SSSR count). The van der Waals surface area contributed by atoms with Gasteiger partial charge < -0.3 is 0 Å². The summed E-state index contributed by atoms with van der Waals surface area (Å²) in [5.41, 5.74) is 0.847. The van der Waals surface area contributed by atoms with Crippen LogP contribution in [-0.4, -0.2) is 6.04 Å². The van der Waals surface area contributed by atoms with E-state index in [2.05, 4.69) is 11.2 Å². The van der Waals surface area contributed by atoms with Crippen LogP contribution in [0.15, 0.2) is 18.2 Å². The van der Waals surface area contributed by atoms with Crippen molar-refractivity contribution in [2.75, 3.05) is 0 Å². The molecule has 1 aromatic rings. The van der Waals surface area contributed by atoms with Crippen LogP contribution < -0.4 is 5.32 Å². The van der Waals surface area contributed by atoms with Gasteiger partial charge in [-0.25, -0.2) is 4.39 Å². The monoisotopic (exact) mass is 225 g/mol. The van der Waals surface area contributed by atoms with E-state index in [1.165, 1.54) is 12.1 Å². The number of benzene rings is 1. The van der Waals surface area contributed by atoms with E-state index in [1.807, 2.05) is 13.8 Å². The van der Waals surface area contributed by atoms with Crippen LogP contribution in [0.5, 0.6) is 0 Å². The van der Waals surface area contributed by atoms with Crippen molar-refractivity contribution in [3.8, 4) is 12.3 Å². The van der Waals surface area contributed by atoms with Gasteiger partial charge in [-0.15, -0.1) is 6.42 Å². The van der Waals surface area contributed by atoms with Crippen LogP contribution in [-0.2, 0) is 0 Å². The highest BCUT2D eigenvalue weighted by molar-refractivity contribution is 6.31. The van der Waals surface area contributed by atoms with Gasteiger partial charge in [0.1, 0.15) is 5.82 Å². The molecule has 0 aliphatic carbocycles. The van der Waals surface area contributed by atoms with Crippen molar-refractivity contribution in [1.29, 1.82) is 0 Å². The molecule has 0 aliphatic rings. The quantitative estimate of drug-likeness (QED) is 0.780. The second-order valence-electron chi connectivity index (χ2n) is 3.44. The molecule has 0 spiro atoms. The fraction of sp³-hybridized carbons (Fsp3) is 0.333. The first-order valence-electron chi connectivity index (χ1n) is 4.71. The van der Waals surface area contributed by atoms with E-state index < -0.39 is 0 Å². The van der Waals surface area contributed by atoms with E-state index in [1.54, 1.807) is 6.07 Å². The summed E-state index contributed by atoms with van der Waals surface area (Å²) in [4.78, 5) is 0. The maximum Gasteiger partial charge on any atom is 0.124 e. The minimum atomic E-state index is -0.332. The van der Waals surface area contributed by atoms with Gasteiger partial charge in [-0.05, 0) is 31.5 Å². The molecule has 0 fully saturated rings. The molecule has 0 radical (unpaired) electrons.